The van der Waals surface area contributed by atoms with Crippen molar-refractivity contribution in [3.63, 3.8) is 0 Å². The Morgan fingerprint density at radius 3 is 2.29 bits per heavy atom. The van der Waals surface area contributed by atoms with E-state index in [9.17, 15) is 29.1 Å². The molecule has 3 rings (SSSR count). The van der Waals surface area contributed by atoms with E-state index in [1.807, 2.05) is 24.3 Å². The van der Waals surface area contributed by atoms with Gasteiger partial charge in [-0.25, -0.2) is 9.78 Å². The van der Waals surface area contributed by atoms with Gasteiger partial charge in [0.1, 0.15) is 18.1 Å². The first-order valence-corrected chi connectivity index (χ1v) is 13.2. The first-order valence-electron chi connectivity index (χ1n) is 13.2. The SMILES string of the molecule is CC(C)C(NC(=O)C(N)Cc1cnc[nH]1)C(=O)NC(CCC(N)=O)C(=O)NC(Cc1c[nH]c2ccccc12)C(=O)O. The number of primary amides is 1. The van der Waals surface area contributed by atoms with Crippen molar-refractivity contribution in [3.05, 3.63) is 54.2 Å². The Bertz CT molecular complexity index is 1370. The Hall–Kier alpha value is -4.72. The number of carbonyl (C=O) groups is 5. The number of fused-ring (bicyclic) bond motifs is 1. The summed E-state index contributed by atoms with van der Waals surface area (Å²) in [6.07, 6.45) is 4.37. The van der Waals surface area contributed by atoms with Crippen molar-refractivity contribution in [2.75, 3.05) is 0 Å². The highest BCUT2D eigenvalue weighted by Crippen LogP contribution is 2.19. The molecule has 3 aromatic rings. The number of carbonyl (C=O) groups excluding carboxylic acids is 4. The van der Waals surface area contributed by atoms with Gasteiger partial charge in [-0.2, -0.15) is 0 Å². The molecule has 4 unspecified atom stereocenters. The predicted molar refractivity (Wildman–Crippen MR) is 149 cm³/mol. The van der Waals surface area contributed by atoms with Crippen LogP contribution in [-0.2, 0) is 36.8 Å². The van der Waals surface area contributed by atoms with Gasteiger partial charge in [-0.1, -0.05) is 32.0 Å². The van der Waals surface area contributed by atoms with Crippen LogP contribution >= 0.6 is 0 Å². The molecule has 0 radical (unpaired) electrons. The smallest absolute Gasteiger partial charge is 0.326 e. The minimum atomic E-state index is -1.32. The zero-order valence-electron chi connectivity index (χ0n) is 22.8. The molecule has 0 spiro atoms. The number of nitrogens with zero attached hydrogens (tertiary/aromatic N) is 1. The number of carboxylic acids is 1. The number of H-pyrrole nitrogens is 2. The van der Waals surface area contributed by atoms with Crippen LogP contribution < -0.4 is 27.4 Å². The Labute approximate surface area is 236 Å². The average molecular weight is 569 g/mol. The summed E-state index contributed by atoms with van der Waals surface area (Å²) in [7, 11) is 0. The molecule has 0 fully saturated rings. The van der Waals surface area contributed by atoms with E-state index in [-0.39, 0.29) is 25.7 Å². The largest absolute Gasteiger partial charge is 0.480 e. The van der Waals surface area contributed by atoms with Gasteiger partial charge in [-0.15, -0.1) is 0 Å². The van der Waals surface area contributed by atoms with Gasteiger partial charge in [0, 0.05) is 48.3 Å². The number of nitrogens with two attached hydrogens (primary N) is 2. The van der Waals surface area contributed by atoms with Crippen LogP contribution in [0.4, 0.5) is 0 Å². The van der Waals surface area contributed by atoms with Gasteiger partial charge >= 0.3 is 5.97 Å². The molecule has 220 valence electrons. The number of aromatic amines is 2. The number of amides is 4. The van der Waals surface area contributed by atoms with Crippen LogP contribution in [0.2, 0.25) is 0 Å². The second-order valence-electron chi connectivity index (χ2n) is 10.1. The van der Waals surface area contributed by atoms with Crippen LogP contribution in [0.15, 0.2) is 43.0 Å². The van der Waals surface area contributed by atoms with E-state index in [0.29, 0.717) is 11.3 Å². The summed E-state index contributed by atoms with van der Waals surface area (Å²) in [6.45, 7) is 3.40. The third-order valence-electron chi connectivity index (χ3n) is 6.60. The van der Waals surface area contributed by atoms with Gasteiger partial charge in [0.25, 0.3) is 0 Å². The second kappa shape index (κ2) is 14.1. The fourth-order valence-corrected chi connectivity index (χ4v) is 4.33. The summed E-state index contributed by atoms with van der Waals surface area (Å²) in [4.78, 5) is 72.5. The molecule has 2 heterocycles. The fourth-order valence-electron chi connectivity index (χ4n) is 4.33. The van der Waals surface area contributed by atoms with Gasteiger partial charge in [0.05, 0.1) is 12.4 Å². The molecule has 4 amide bonds. The number of para-hydroxylation sites is 1. The molecule has 4 atom stereocenters. The highest BCUT2D eigenvalue weighted by Gasteiger charge is 2.32. The van der Waals surface area contributed by atoms with Gasteiger partial charge < -0.3 is 42.5 Å². The molecule has 0 saturated heterocycles. The average Bonchev–Trinajstić information content (AvgIpc) is 3.58. The summed E-state index contributed by atoms with van der Waals surface area (Å²) in [5.74, 6) is -4.47. The number of rotatable bonds is 15. The van der Waals surface area contributed by atoms with Gasteiger partial charge in [0.2, 0.25) is 23.6 Å². The number of aliphatic carboxylic acids is 1. The summed E-state index contributed by atoms with van der Waals surface area (Å²) in [5.41, 5.74) is 13.4. The monoisotopic (exact) mass is 568 g/mol. The van der Waals surface area contributed by atoms with E-state index in [1.54, 1.807) is 20.0 Å². The Morgan fingerprint density at radius 2 is 1.66 bits per heavy atom. The highest BCUT2D eigenvalue weighted by molar-refractivity contribution is 5.94. The first kappa shape index (κ1) is 30.8. The molecule has 41 heavy (non-hydrogen) atoms. The lowest BCUT2D eigenvalue weighted by molar-refractivity contribution is -0.142. The van der Waals surface area contributed by atoms with Crippen molar-refractivity contribution in [1.82, 2.24) is 30.9 Å². The normalized spacial score (nSPS) is 14.1. The van der Waals surface area contributed by atoms with Crippen molar-refractivity contribution < 1.29 is 29.1 Å². The van der Waals surface area contributed by atoms with Gasteiger partial charge in [-0.05, 0) is 24.0 Å². The van der Waals surface area contributed by atoms with Crippen molar-refractivity contribution in [1.29, 1.82) is 0 Å². The molecule has 0 aliphatic rings. The lowest BCUT2D eigenvalue weighted by atomic mass is 10.0. The van der Waals surface area contributed by atoms with E-state index in [2.05, 4.69) is 30.9 Å². The van der Waals surface area contributed by atoms with E-state index in [4.69, 9.17) is 11.5 Å². The fraction of sp³-hybridized carbons (Fsp3) is 0.407. The molecule has 0 bridgehead atoms. The van der Waals surface area contributed by atoms with Crippen molar-refractivity contribution in [3.8, 4) is 0 Å². The van der Waals surface area contributed by atoms with Crippen molar-refractivity contribution >= 4 is 40.5 Å². The third-order valence-corrected chi connectivity index (χ3v) is 6.60. The zero-order valence-corrected chi connectivity index (χ0v) is 22.8. The third kappa shape index (κ3) is 8.63. The summed E-state index contributed by atoms with van der Waals surface area (Å²) in [5, 5.41) is 18.3. The van der Waals surface area contributed by atoms with Crippen LogP contribution in [0, 0.1) is 5.92 Å². The van der Waals surface area contributed by atoms with Gasteiger partial charge in [-0.3, -0.25) is 19.2 Å². The van der Waals surface area contributed by atoms with E-state index < -0.39 is 59.7 Å². The van der Waals surface area contributed by atoms with Crippen molar-refractivity contribution in [2.45, 2.75) is 63.7 Å². The number of hydrogen-bond acceptors (Lipinski definition) is 7. The number of benzene rings is 1. The van der Waals surface area contributed by atoms with Crippen molar-refractivity contribution in [2.24, 2.45) is 17.4 Å². The number of aromatic nitrogens is 3. The highest BCUT2D eigenvalue weighted by atomic mass is 16.4. The van der Waals surface area contributed by atoms with Crippen LogP contribution in [0.3, 0.4) is 0 Å². The molecule has 1 aromatic carbocycles. The van der Waals surface area contributed by atoms with Crippen LogP contribution in [-0.4, -0.2) is 73.8 Å². The number of carboxylic acid groups (broad SMARTS) is 1. The van der Waals surface area contributed by atoms with Crippen LogP contribution in [0.5, 0.6) is 0 Å². The van der Waals surface area contributed by atoms with Gasteiger partial charge in [0.15, 0.2) is 0 Å². The van der Waals surface area contributed by atoms with Crippen LogP contribution in [0.1, 0.15) is 37.9 Å². The zero-order chi connectivity index (χ0) is 30.1. The molecule has 2 aromatic heterocycles. The molecule has 10 N–H and O–H groups in total. The molecule has 0 aliphatic carbocycles. The summed E-state index contributed by atoms with van der Waals surface area (Å²) < 4.78 is 0. The molecule has 0 saturated carbocycles. The van der Waals surface area contributed by atoms with Crippen LogP contribution in [0.25, 0.3) is 10.9 Å². The molecular formula is C27H36N8O6. The maximum atomic E-state index is 13.2. The Balaban J connectivity index is 1.71. The topological polar surface area (TPSA) is 238 Å². The second-order valence-corrected chi connectivity index (χ2v) is 10.1. The molecule has 14 nitrogen and oxygen atoms in total. The predicted octanol–water partition coefficient (Wildman–Crippen LogP) is -0.536. The lowest BCUT2D eigenvalue weighted by Crippen LogP contribution is -2.58. The summed E-state index contributed by atoms with van der Waals surface area (Å²) >= 11 is 0. The molecular weight excluding hydrogens is 532 g/mol. The van der Waals surface area contributed by atoms with E-state index in [1.165, 1.54) is 12.5 Å². The maximum Gasteiger partial charge on any atom is 0.326 e. The first-order chi connectivity index (χ1) is 19.5. The maximum absolute atomic E-state index is 13.2. The lowest BCUT2D eigenvalue weighted by Gasteiger charge is -2.27. The number of imidazole rings is 1. The quantitative estimate of drug-likeness (QED) is 0.118. The Morgan fingerprint density at radius 1 is 0.951 bits per heavy atom. The van der Waals surface area contributed by atoms with E-state index >= 15 is 0 Å². The number of nitrogens with one attached hydrogen (secondary N) is 5. The number of hydrogen-bond donors (Lipinski definition) is 8. The molecule has 0 aliphatic heterocycles. The summed E-state index contributed by atoms with van der Waals surface area (Å²) in [6, 6.07) is 2.67. The van der Waals surface area contributed by atoms with E-state index in [0.717, 1.165) is 10.9 Å². The molecule has 14 heteroatoms. The minimum absolute atomic E-state index is 0.0273. The Kier molecular flexibility index (Phi) is 10.6. The standard InChI is InChI=1S/C27H36N8O6/c1-14(2)23(35-24(37)18(28)10-16-12-30-13-32-16)26(39)33-20(7-8-22(29)36)25(38)34-21(27(40)41)9-15-11-31-19-6-4-3-5-17(15)19/h3-6,11-14,18,20-21,23,31H,7-10,28H2,1-2H3,(H2,29,36)(H,30,32)(H,33,39)(H,34,38)(H,35,37)(H,40,41). The minimum Gasteiger partial charge on any atom is -0.480 e.